The number of amides is 1. The van der Waals surface area contributed by atoms with E-state index in [1.807, 2.05) is 26.0 Å². The summed E-state index contributed by atoms with van der Waals surface area (Å²) in [6.07, 6.45) is 1.56. The van der Waals surface area contributed by atoms with Crippen molar-refractivity contribution in [3.8, 4) is 11.3 Å². The Bertz CT molecular complexity index is 992. The van der Waals surface area contributed by atoms with E-state index in [9.17, 15) is 9.59 Å². The van der Waals surface area contributed by atoms with Gasteiger partial charge in [-0.05, 0) is 43.7 Å². The van der Waals surface area contributed by atoms with Crippen molar-refractivity contribution in [3.05, 3.63) is 57.4 Å². The van der Waals surface area contributed by atoms with Crippen LogP contribution in [0.3, 0.4) is 0 Å². The third-order valence-electron chi connectivity index (χ3n) is 3.89. The molecule has 27 heavy (non-hydrogen) atoms. The van der Waals surface area contributed by atoms with Crippen LogP contribution in [0.2, 0.25) is 5.02 Å². The predicted octanol–water partition coefficient (Wildman–Crippen LogP) is 4.99. The van der Waals surface area contributed by atoms with Crippen molar-refractivity contribution in [1.29, 1.82) is 0 Å². The van der Waals surface area contributed by atoms with Crippen LogP contribution in [-0.2, 0) is 16.1 Å². The van der Waals surface area contributed by atoms with Crippen LogP contribution in [-0.4, -0.2) is 16.9 Å². The SMILES string of the molecule is CC(=O)Nc1sc(C)c(C)c1C(=O)OCc1ncc(-c2ccc(Cl)cc2)o1. The smallest absolute Gasteiger partial charge is 0.341 e. The van der Waals surface area contributed by atoms with Gasteiger partial charge < -0.3 is 14.5 Å². The van der Waals surface area contributed by atoms with Crippen molar-refractivity contribution < 1.29 is 18.7 Å². The number of ether oxygens (including phenoxy) is 1. The molecule has 0 radical (unpaired) electrons. The van der Waals surface area contributed by atoms with Crippen LogP contribution in [0.4, 0.5) is 5.00 Å². The zero-order chi connectivity index (χ0) is 19.6. The molecule has 0 saturated carbocycles. The third-order valence-corrected chi connectivity index (χ3v) is 5.26. The number of esters is 1. The number of halogens is 1. The molecule has 0 saturated heterocycles. The number of benzene rings is 1. The van der Waals surface area contributed by atoms with Gasteiger partial charge in [0.25, 0.3) is 0 Å². The highest BCUT2D eigenvalue weighted by atomic mass is 35.5. The highest BCUT2D eigenvalue weighted by Gasteiger charge is 2.22. The predicted molar refractivity (Wildman–Crippen MR) is 104 cm³/mol. The van der Waals surface area contributed by atoms with E-state index in [0.717, 1.165) is 16.0 Å². The van der Waals surface area contributed by atoms with E-state index in [2.05, 4.69) is 10.3 Å². The second kappa shape index (κ2) is 7.94. The van der Waals surface area contributed by atoms with Gasteiger partial charge in [-0.25, -0.2) is 9.78 Å². The molecule has 0 atom stereocenters. The lowest BCUT2D eigenvalue weighted by atomic mass is 10.1. The molecule has 1 aromatic carbocycles. The zero-order valence-electron chi connectivity index (χ0n) is 15.0. The largest absolute Gasteiger partial charge is 0.452 e. The van der Waals surface area contributed by atoms with E-state index in [1.165, 1.54) is 18.3 Å². The normalized spacial score (nSPS) is 10.7. The second-order valence-electron chi connectivity index (χ2n) is 5.87. The average Bonchev–Trinajstić information content (AvgIpc) is 3.18. The molecule has 0 bridgehead atoms. The van der Waals surface area contributed by atoms with Gasteiger partial charge in [0.2, 0.25) is 11.8 Å². The molecular weight excluding hydrogens is 388 g/mol. The van der Waals surface area contributed by atoms with E-state index in [-0.39, 0.29) is 18.4 Å². The van der Waals surface area contributed by atoms with Gasteiger partial charge in [0.15, 0.2) is 12.4 Å². The highest BCUT2D eigenvalue weighted by Crippen LogP contribution is 2.33. The lowest BCUT2D eigenvalue weighted by Crippen LogP contribution is -2.12. The summed E-state index contributed by atoms with van der Waals surface area (Å²) in [6.45, 7) is 4.98. The molecule has 8 heteroatoms. The number of aromatic nitrogens is 1. The quantitative estimate of drug-likeness (QED) is 0.606. The molecule has 3 aromatic rings. The number of aryl methyl sites for hydroxylation is 1. The first kappa shape index (κ1) is 19.1. The Labute approximate surface area is 165 Å². The molecule has 2 aromatic heterocycles. The van der Waals surface area contributed by atoms with Crippen LogP contribution in [0.15, 0.2) is 34.9 Å². The Balaban J connectivity index is 1.71. The fourth-order valence-electron chi connectivity index (χ4n) is 2.44. The topological polar surface area (TPSA) is 81.4 Å². The molecule has 0 spiro atoms. The van der Waals surface area contributed by atoms with Gasteiger partial charge in [0.1, 0.15) is 5.00 Å². The third kappa shape index (κ3) is 4.37. The molecule has 1 amide bonds. The lowest BCUT2D eigenvalue weighted by Gasteiger charge is -2.06. The fraction of sp³-hybridized carbons (Fsp3) is 0.211. The van der Waals surface area contributed by atoms with Crippen LogP contribution in [0.25, 0.3) is 11.3 Å². The molecule has 0 fully saturated rings. The summed E-state index contributed by atoms with van der Waals surface area (Å²) in [4.78, 5) is 28.9. The van der Waals surface area contributed by atoms with E-state index in [4.69, 9.17) is 20.8 Å². The maximum Gasteiger partial charge on any atom is 0.341 e. The number of carbonyl (C=O) groups is 2. The molecule has 0 aliphatic rings. The van der Waals surface area contributed by atoms with Crippen LogP contribution >= 0.6 is 22.9 Å². The minimum atomic E-state index is -0.535. The molecule has 2 heterocycles. The number of rotatable bonds is 5. The van der Waals surface area contributed by atoms with E-state index in [0.29, 0.717) is 21.3 Å². The maximum atomic E-state index is 12.5. The van der Waals surface area contributed by atoms with Gasteiger partial charge in [-0.1, -0.05) is 11.6 Å². The van der Waals surface area contributed by atoms with Gasteiger partial charge in [-0.15, -0.1) is 11.3 Å². The molecular formula is C19H17ClN2O4S. The number of nitrogens with one attached hydrogen (secondary N) is 1. The summed E-state index contributed by atoms with van der Waals surface area (Å²) in [6, 6.07) is 7.14. The van der Waals surface area contributed by atoms with Crippen molar-refractivity contribution >= 4 is 39.8 Å². The summed E-state index contributed by atoms with van der Waals surface area (Å²) in [5.41, 5.74) is 1.96. The van der Waals surface area contributed by atoms with Crippen molar-refractivity contribution in [3.63, 3.8) is 0 Å². The van der Waals surface area contributed by atoms with Crippen molar-refractivity contribution in [2.24, 2.45) is 0 Å². The van der Waals surface area contributed by atoms with Gasteiger partial charge in [0, 0.05) is 22.4 Å². The number of nitrogens with zero attached hydrogens (tertiary/aromatic N) is 1. The molecule has 0 aliphatic carbocycles. The van der Waals surface area contributed by atoms with E-state index >= 15 is 0 Å². The molecule has 1 N–H and O–H groups in total. The van der Waals surface area contributed by atoms with Gasteiger partial charge >= 0.3 is 5.97 Å². The van der Waals surface area contributed by atoms with Crippen LogP contribution < -0.4 is 5.32 Å². The molecule has 6 nitrogen and oxygen atoms in total. The summed E-state index contributed by atoms with van der Waals surface area (Å²) in [5, 5.41) is 3.78. The monoisotopic (exact) mass is 404 g/mol. The Morgan fingerprint density at radius 2 is 1.96 bits per heavy atom. The van der Waals surface area contributed by atoms with Crippen molar-refractivity contribution in [1.82, 2.24) is 4.98 Å². The minimum absolute atomic E-state index is 0.111. The van der Waals surface area contributed by atoms with Gasteiger partial charge in [-0.2, -0.15) is 0 Å². The average molecular weight is 405 g/mol. The van der Waals surface area contributed by atoms with Crippen molar-refractivity contribution in [2.75, 3.05) is 5.32 Å². The summed E-state index contributed by atoms with van der Waals surface area (Å²) in [7, 11) is 0. The lowest BCUT2D eigenvalue weighted by molar-refractivity contribution is -0.114. The Morgan fingerprint density at radius 3 is 2.63 bits per heavy atom. The van der Waals surface area contributed by atoms with Crippen LogP contribution in [0.5, 0.6) is 0 Å². The maximum absolute atomic E-state index is 12.5. The zero-order valence-corrected chi connectivity index (χ0v) is 16.5. The molecule has 3 rings (SSSR count). The van der Waals surface area contributed by atoms with Gasteiger partial charge in [-0.3, -0.25) is 4.79 Å². The molecule has 140 valence electrons. The number of anilines is 1. The highest BCUT2D eigenvalue weighted by molar-refractivity contribution is 7.16. The summed E-state index contributed by atoms with van der Waals surface area (Å²) < 4.78 is 11.0. The number of carbonyl (C=O) groups excluding carboxylic acids is 2. The standard InChI is InChI=1S/C19H17ClN2O4S/c1-10-11(2)27-18(22-12(3)23)17(10)19(24)25-9-16-21-8-15(26-16)13-4-6-14(20)7-5-13/h4-8H,9H2,1-3H3,(H,22,23). The Morgan fingerprint density at radius 1 is 1.26 bits per heavy atom. The van der Waals surface area contributed by atoms with Gasteiger partial charge in [0.05, 0.1) is 11.8 Å². The first-order valence-corrected chi connectivity index (χ1v) is 9.30. The molecule has 0 unspecified atom stereocenters. The summed E-state index contributed by atoms with van der Waals surface area (Å²) >= 11 is 7.22. The summed E-state index contributed by atoms with van der Waals surface area (Å²) in [5.74, 6) is 0.0515. The number of oxazole rings is 1. The first-order valence-electron chi connectivity index (χ1n) is 8.10. The van der Waals surface area contributed by atoms with Crippen molar-refractivity contribution in [2.45, 2.75) is 27.4 Å². The second-order valence-corrected chi connectivity index (χ2v) is 7.53. The van der Waals surface area contributed by atoms with Crippen LogP contribution in [0, 0.1) is 13.8 Å². The molecule has 0 aliphatic heterocycles. The number of thiophene rings is 1. The fourth-order valence-corrected chi connectivity index (χ4v) is 3.67. The van der Waals surface area contributed by atoms with E-state index in [1.54, 1.807) is 18.3 Å². The Hall–Kier alpha value is -2.64. The number of hydrogen-bond donors (Lipinski definition) is 1. The van der Waals surface area contributed by atoms with E-state index < -0.39 is 5.97 Å². The Kier molecular flexibility index (Phi) is 5.62. The minimum Gasteiger partial charge on any atom is -0.452 e. The first-order chi connectivity index (χ1) is 12.8. The number of hydrogen-bond acceptors (Lipinski definition) is 6. The van der Waals surface area contributed by atoms with Crippen LogP contribution in [0.1, 0.15) is 33.6 Å².